The van der Waals surface area contributed by atoms with E-state index in [1.54, 1.807) is 6.07 Å². The summed E-state index contributed by atoms with van der Waals surface area (Å²) in [5.74, 6) is 0. The summed E-state index contributed by atoms with van der Waals surface area (Å²) in [7, 11) is 0. The zero-order valence-corrected chi connectivity index (χ0v) is 9.80. The van der Waals surface area contributed by atoms with Crippen LogP contribution >= 0.6 is 0 Å². The van der Waals surface area contributed by atoms with Crippen LogP contribution in [0, 0.1) is 0 Å². The van der Waals surface area contributed by atoms with Crippen molar-refractivity contribution in [3.05, 3.63) is 30.3 Å². The number of para-hydroxylation sites is 1. The van der Waals surface area contributed by atoms with Crippen molar-refractivity contribution in [1.29, 1.82) is 0 Å². The van der Waals surface area contributed by atoms with E-state index in [9.17, 15) is 18.0 Å². The van der Waals surface area contributed by atoms with E-state index in [2.05, 4.69) is 0 Å². The maximum Gasteiger partial charge on any atom is 0.415 e. The van der Waals surface area contributed by atoms with Gasteiger partial charge in [0.25, 0.3) is 0 Å². The number of cyclic esters (lactones) is 1. The highest BCUT2D eigenvalue weighted by atomic mass is 19.4. The van der Waals surface area contributed by atoms with Gasteiger partial charge < -0.3 is 9.84 Å². The number of aliphatic hydroxyl groups is 1. The normalized spacial score (nSPS) is 23.6. The standard InChI is InChI=1S/C12H12F3NO3/c13-12(14,15)10-9(6-7-17)19-11(18)16(10)8-4-2-1-3-5-8/h1-5,9-10,17H,6-7H2. The zero-order chi connectivity index (χ0) is 14.0. The molecule has 2 atom stereocenters. The van der Waals surface area contributed by atoms with Gasteiger partial charge in [0.1, 0.15) is 6.10 Å². The third-order valence-electron chi connectivity index (χ3n) is 2.86. The van der Waals surface area contributed by atoms with Gasteiger partial charge >= 0.3 is 12.3 Å². The molecule has 19 heavy (non-hydrogen) atoms. The number of rotatable bonds is 3. The highest BCUT2D eigenvalue weighted by molar-refractivity contribution is 5.90. The molecule has 1 heterocycles. The number of benzene rings is 1. The van der Waals surface area contributed by atoms with Gasteiger partial charge in [-0.15, -0.1) is 0 Å². The Morgan fingerprint density at radius 2 is 1.89 bits per heavy atom. The Balaban J connectivity index is 2.37. The fourth-order valence-electron chi connectivity index (χ4n) is 2.09. The molecule has 0 aliphatic carbocycles. The molecule has 2 rings (SSSR count). The van der Waals surface area contributed by atoms with E-state index in [-0.39, 0.29) is 12.1 Å². The summed E-state index contributed by atoms with van der Waals surface area (Å²) in [5.41, 5.74) is 0.121. The molecule has 1 aromatic carbocycles. The van der Waals surface area contributed by atoms with Gasteiger partial charge in [-0.1, -0.05) is 18.2 Å². The number of amides is 1. The Morgan fingerprint density at radius 1 is 1.26 bits per heavy atom. The lowest BCUT2D eigenvalue weighted by atomic mass is 10.1. The third-order valence-corrected chi connectivity index (χ3v) is 2.86. The number of hydrogen-bond acceptors (Lipinski definition) is 3. The maximum atomic E-state index is 13.1. The number of nitrogens with zero attached hydrogens (tertiary/aromatic N) is 1. The molecule has 104 valence electrons. The van der Waals surface area contributed by atoms with E-state index in [1.807, 2.05) is 0 Å². The van der Waals surface area contributed by atoms with Gasteiger partial charge in [0.15, 0.2) is 6.04 Å². The minimum Gasteiger partial charge on any atom is -0.443 e. The molecular formula is C12H12F3NO3. The van der Waals surface area contributed by atoms with Gasteiger partial charge in [-0.05, 0) is 12.1 Å². The number of anilines is 1. The van der Waals surface area contributed by atoms with Crippen LogP contribution in [0.25, 0.3) is 0 Å². The van der Waals surface area contributed by atoms with Crippen molar-refractivity contribution in [2.45, 2.75) is 24.7 Å². The first-order valence-corrected chi connectivity index (χ1v) is 5.67. The summed E-state index contributed by atoms with van der Waals surface area (Å²) in [6.07, 6.45) is -7.31. The molecule has 2 unspecified atom stereocenters. The lowest BCUT2D eigenvalue weighted by Crippen LogP contribution is -2.48. The minimum atomic E-state index is -4.62. The van der Waals surface area contributed by atoms with E-state index in [0.717, 1.165) is 0 Å². The SMILES string of the molecule is O=C1OC(CCO)C(C(F)(F)F)N1c1ccccc1. The first-order chi connectivity index (χ1) is 8.95. The molecule has 1 aromatic rings. The Hall–Kier alpha value is -1.76. The molecule has 1 fully saturated rings. The Morgan fingerprint density at radius 3 is 2.42 bits per heavy atom. The molecule has 4 nitrogen and oxygen atoms in total. The third kappa shape index (κ3) is 2.65. The van der Waals surface area contributed by atoms with Crippen molar-refractivity contribution in [2.75, 3.05) is 11.5 Å². The number of hydrogen-bond donors (Lipinski definition) is 1. The molecule has 1 amide bonds. The Kier molecular flexibility index (Phi) is 3.66. The van der Waals surface area contributed by atoms with Gasteiger partial charge in [0, 0.05) is 18.7 Å². The van der Waals surface area contributed by atoms with Crippen LogP contribution < -0.4 is 4.90 Å². The molecule has 1 N–H and O–H groups in total. The van der Waals surface area contributed by atoms with Crippen LogP contribution in [0.2, 0.25) is 0 Å². The summed E-state index contributed by atoms with van der Waals surface area (Å²) in [6, 6.07) is 5.45. The van der Waals surface area contributed by atoms with Crippen molar-refractivity contribution in [3.63, 3.8) is 0 Å². The second kappa shape index (κ2) is 5.08. The second-order valence-corrected chi connectivity index (χ2v) is 4.13. The number of carbonyl (C=O) groups excluding carboxylic acids is 1. The van der Waals surface area contributed by atoms with E-state index in [1.165, 1.54) is 24.3 Å². The molecule has 1 aliphatic heterocycles. The molecule has 1 saturated heterocycles. The first-order valence-electron chi connectivity index (χ1n) is 5.67. The van der Waals surface area contributed by atoms with Crippen LogP contribution in [0.5, 0.6) is 0 Å². The number of halogens is 3. The minimum absolute atomic E-state index is 0.121. The van der Waals surface area contributed by atoms with Crippen molar-refractivity contribution in [3.8, 4) is 0 Å². The van der Waals surface area contributed by atoms with Crippen LogP contribution in [0.1, 0.15) is 6.42 Å². The predicted octanol–water partition coefficient (Wildman–Crippen LogP) is 2.33. The average molecular weight is 275 g/mol. The van der Waals surface area contributed by atoms with Gasteiger partial charge in [0.2, 0.25) is 0 Å². The summed E-state index contributed by atoms with van der Waals surface area (Å²) in [6.45, 7) is -0.479. The fourth-order valence-corrected chi connectivity index (χ4v) is 2.09. The molecule has 0 saturated carbocycles. The summed E-state index contributed by atoms with van der Waals surface area (Å²) in [4.78, 5) is 12.2. The summed E-state index contributed by atoms with van der Waals surface area (Å²) < 4.78 is 44.0. The van der Waals surface area contributed by atoms with Crippen molar-refractivity contribution < 1.29 is 27.8 Å². The molecule has 0 aromatic heterocycles. The monoisotopic (exact) mass is 275 g/mol. The molecule has 0 radical (unpaired) electrons. The smallest absolute Gasteiger partial charge is 0.415 e. The van der Waals surface area contributed by atoms with Gasteiger partial charge in [-0.3, -0.25) is 4.90 Å². The van der Waals surface area contributed by atoms with E-state index < -0.39 is 31.0 Å². The largest absolute Gasteiger partial charge is 0.443 e. The molecular weight excluding hydrogens is 263 g/mol. The molecule has 0 bridgehead atoms. The molecule has 7 heteroatoms. The van der Waals surface area contributed by atoms with Crippen LogP contribution in [0.15, 0.2) is 30.3 Å². The first kappa shape index (κ1) is 13.7. The van der Waals surface area contributed by atoms with E-state index in [0.29, 0.717) is 4.90 Å². The quantitative estimate of drug-likeness (QED) is 0.921. The number of carbonyl (C=O) groups is 1. The number of ether oxygens (including phenoxy) is 1. The Labute approximate surface area is 107 Å². The fraction of sp³-hybridized carbons (Fsp3) is 0.417. The van der Waals surface area contributed by atoms with Crippen molar-refractivity contribution >= 4 is 11.8 Å². The van der Waals surface area contributed by atoms with E-state index in [4.69, 9.17) is 9.84 Å². The average Bonchev–Trinajstić information content (AvgIpc) is 2.67. The molecule has 1 aliphatic rings. The lowest BCUT2D eigenvalue weighted by molar-refractivity contribution is -0.158. The van der Waals surface area contributed by atoms with Crippen molar-refractivity contribution in [1.82, 2.24) is 0 Å². The predicted molar refractivity (Wildman–Crippen MR) is 60.7 cm³/mol. The van der Waals surface area contributed by atoms with Crippen LogP contribution in [-0.4, -0.2) is 36.1 Å². The Bertz CT molecular complexity index is 449. The highest BCUT2D eigenvalue weighted by Gasteiger charge is 2.56. The van der Waals surface area contributed by atoms with E-state index >= 15 is 0 Å². The van der Waals surface area contributed by atoms with Crippen LogP contribution in [0.4, 0.5) is 23.7 Å². The van der Waals surface area contributed by atoms with Crippen molar-refractivity contribution in [2.24, 2.45) is 0 Å². The van der Waals surface area contributed by atoms with Crippen LogP contribution in [0.3, 0.4) is 0 Å². The lowest BCUT2D eigenvalue weighted by Gasteiger charge is -2.26. The topological polar surface area (TPSA) is 49.8 Å². The maximum absolute atomic E-state index is 13.1. The summed E-state index contributed by atoms with van der Waals surface area (Å²) >= 11 is 0. The van der Waals surface area contributed by atoms with Crippen LogP contribution in [-0.2, 0) is 4.74 Å². The zero-order valence-electron chi connectivity index (χ0n) is 9.80. The van der Waals surface area contributed by atoms with Gasteiger partial charge in [0.05, 0.1) is 0 Å². The van der Waals surface area contributed by atoms with Gasteiger partial charge in [-0.2, -0.15) is 13.2 Å². The second-order valence-electron chi connectivity index (χ2n) is 4.13. The number of aliphatic hydroxyl groups excluding tert-OH is 1. The summed E-state index contributed by atoms with van der Waals surface area (Å²) in [5, 5.41) is 8.78. The molecule has 0 spiro atoms. The number of alkyl halides is 3. The van der Waals surface area contributed by atoms with Gasteiger partial charge in [-0.25, -0.2) is 4.79 Å². The highest BCUT2D eigenvalue weighted by Crippen LogP contribution is 2.37.